The molecule has 4 aliphatic heterocycles. The second-order valence-corrected chi connectivity index (χ2v) is 13.6. The van der Waals surface area contributed by atoms with Crippen LogP contribution in [0.5, 0.6) is 23.0 Å². The topological polar surface area (TPSA) is 80.7 Å². The number of aryl methyl sites for hydroxylation is 2. The van der Waals surface area contributed by atoms with E-state index in [9.17, 15) is 9.90 Å². The molecule has 0 saturated carbocycles. The maximum absolute atomic E-state index is 11.9. The monoisotopic (exact) mass is 632 g/mol. The standard InChI is InChI=1S/C18H23NO3.C18H21NO3.2CH4/c2*1-11-8-14(21-3)17-16-13(11)10-19(2)7-6-18(16)5-4-12(20)9-15(18)22-17;;/h4-5,8,12,15,20H,6-7,9-10H2,1-3H3;4-5,8,15H,6-7,9-10H2,1-3H3;2*1H4/t12-,15?,18?;;;/m0.../s1. The average Bonchev–Trinajstić information content (AvgIpc) is 3.39. The molecule has 2 spiro atoms. The van der Waals surface area contributed by atoms with Crippen LogP contribution in [0.2, 0.25) is 0 Å². The van der Waals surface area contributed by atoms with Crippen molar-refractivity contribution in [2.24, 2.45) is 0 Å². The van der Waals surface area contributed by atoms with Crippen LogP contribution < -0.4 is 18.9 Å². The number of hydrogen-bond acceptors (Lipinski definition) is 8. The number of carbonyl (C=O) groups is 1. The first kappa shape index (κ1) is 34.0. The summed E-state index contributed by atoms with van der Waals surface area (Å²) in [4.78, 5) is 16.6. The van der Waals surface area contributed by atoms with Gasteiger partial charge < -0.3 is 33.9 Å². The smallest absolute Gasteiger partial charge is 0.166 e. The second kappa shape index (κ2) is 12.4. The van der Waals surface area contributed by atoms with Crippen LogP contribution >= 0.6 is 0 Å². The zero-order valence-corrected chi connectivity index (χ0v) is 26.7. The van der Waals surface area contributed by atoms with E-state index in [0.717, 1.165) is 62.0 Å². The van der Waals surface area contributed by atoms with Crippen molar-refractivity contribution in [3.05, 3.63) is 69.8 Å². The molecule has 0 saturated heterocycles. The predicted octanol–water partition coefficient (Wildman–Crippen LogP) is 5.80. The minimum Gasteiger partial charge on any atom is -0.493 e. The Balaban J connectivity index is 0.000000174. The molecular formula is C38H52N2O6. The molecule has 0 bridgehead atoms. The van der Waals surface area contributed by atoms with Crippen molar-refractivity contribution in [1.29, 1.82) is 0 Å². The van der Waals surface area contributed by atoms with Gasteiger partial charge in [-0.1, -0.05) is 33.1 Å². The van der Waals surface area contributed by atoms with Crippen LogP contribution in [0.15, 0.2) is 36.4 Å². The largest absolute Gasteiger partial charge is 0.493 e. The van der Waals surface area contributed by atoms with E-state index in [4.69, 9.17) is 18.9 Å². The summed E-state index contributed by atoms with van der Waals surface area (Å²) in [6, 6.07) is 4.14. The fourth-order valence-electron chi connectivity index (χ4n) is 8.48. The lowest BCUT2D eigenvalue weighted by Crippen LogP contribution is -2.42. The fourth-order valence-corrected chi connectivity index (χ4v) is 8.48. The third kappa shape index (κ3) is 5.04. The molecule has 0 radical (unpaired) electrons. The molecule has 8 rings (SSSR count). The molecule has 2 aliphatic carbocycles. The molecule has 46 heavy (non-hydrogen) atoms. The fraction of sp³-hybridized carbons (Fsp3) is 0.553. The van der Waals surface area contributed by atoms with Crippen molar-refractivity contribution in [2.75, 3.05) is 41.4 Å². The molecule has 0 fully saturated rings. The van der Waals surface area contributed by atoms with Gasteiger partial charge in [0, 0.05) is 37.1 Å². The first-order valence-corrected chi connectivity index (χ1v) is 15.8. The maximum Gasteiger partial charge on any atom is 0.166 e. The number of rotatable bonds is 2. The number of ether oxygens (including phenoxy) is 4. The van der Waals surface area contributed by atoms with Gasteiger partial charge in [0.25, 0.3) is 0 Å². The summed E-state index contributed by atoms with van der Waals surface area (Å²) in [6.07, 6.45) is 10.6. The Hall–Kier alpha value is -3.33. The van der Waals surface area contributed by atoms with Crippen LogP contribution in [0.1, 0.15) is 73.9 Å². The summed E-state index contributed by atoms with van der Waals surface area (Å²) in [5.41, 5.74) is 7.43. The van der Waals surface area contributed by atoms with Crippen LogP contribution in [-0.4, -0.2) is 80.4 Å². The number of nitrogens with zero attached hydrogens (tertiary/aromatic N) is 2. The van der Waals surface area contributed by atoms with Crippen LogP contribution in [0, 0.1) is 13.8 Å². The molecule has 2 aromatic rings. The Bertz CT molecular complexity index is 1580. The van der Waals surface area contributed by atoms with Crippen LogP contribution in [-0.2, 0) is 28.7 Å². The summed E-state index contributed by atoms with van der Waals surface area (Å²) in [5.74, 6) is 3.50. The zero-order chi connectivity index (χ0) is 31.0. The van der Waals surface area contributed by atoms with Crippen molar-refractivity contribution in [2.45, 2.75) is 96.6 Å². The lowest BCUT2D eigenvalue weighted by Gasteiger charge is -2.35. The number of ketones is 1. The Morgan fingerprint density at radius 3 is 1.85 bits per heavy atom. The van der Waals surface area contributed by atoms with Crippen molar-refractivity contribution in [3.8, 4) is 23.0 Å². The quantitative estimate of drug-likeness (QED) is 0.417. The highest BCUT2D eigenvalue weighted by Gasteiger charge is 2.54. The highest BCUT2D eigenvalue weighted by atomic mass is 16.5. The molecule has 4 unspecified atom stereocenters. The number of aliphatic hydroxyl groups is 1. The van der Waals surface area contributed by atoms with Crippen molar-refractivity contribution in [3.63, 3.8) is 0 Å². The van der Waals surface area contributed by atoms with Gasteiger partial charge in [-0.05, 0) is 94.3 Å². The third-order valence-electron chi connectivity index (χ3n) is 10.9. The normalized spacial score (nSPS) is 29.9. The van der Waals surface area contributed by atoms with E-state index in [1.54, 1.807) is 20.3 Å². The summed E-state index contributed by atoms with van der Waals surface area (Å²) < 4.78 is 23.7. The summed E-state index contributed by atoms with van der Waals surface area (Å²) in [5, 5.41) is 10.0. The van der Waals surface area contributed by atoms with Gasteiger partial charge in [-0.2, -0.15) is 0 Å². The first-order valence-electron chi connectivity index (χ1n) is 15.8. The summed E-state index contributed by atoms with van der Waals surface area (Å²) >= 11 is 0. The van der Waals surface area contributed by atoms with E-state index >= 15 is 0 Å². The number of benzene rings is 2. The molecule has 6 aliphatic rings. The van der Waals surface area contributed by atoms with Gasteiger partial charge in [0.2, 0.25) is 0 Å². The van der Waals surface area contributed by atoms with Crippen molar-refractivity contribution >= 4 is 5.78 Å². The average molecular weight is 633 g/mol. The molecule has 8 heteroatoms. The first-order chi connectivity index (χ1) is 21.1. The lowest BCUT2D eigenvalue weighted by molar-refractivity contribution is -0.117. The lowest BCUT2D eigenvalue weighted by atomic mass is 9.68. The van der Waals surface area contributed by atoms with Crippen LogP contribution in [0.4, 0.5) is 0 Å². The molecule has 8 nitrogen and oxygen atoms in total. The molecule has 0 aromatic heterocycles. The third-order valence-corrected chi connectivity index (χ3v) is 10.9. The van der Waals surface area contributed by atoms with E-state index in [0.29, 0.717) is 12.8 Å². The van der Waals surface area contributed by atoms with E-state index in [-0.39, 0.29) is 43.7 Å². The van der Waals surface area contributed by atoms with Gasteiger partial charge >= 0.3 is 0 Å². The Morgan fingerprint density at radius 2 is 1.33 bits per heavy atom. The number of aliphatic hydroxyl groups excluding tert-OH is 1. The maximum atomic E-state index is 11.9. The minimum absolute atomic E-state index is 0. The molecule has 0 amide bonds. The van der Waals surface area contributed by atoms with Crippen LogP contribution in [0.25, 0.3) is 0 Å². The molecule has 2 aromatic carbocycles. The van der Waals surface area contributed by atoms with Crippen LogP contribution in [0.3, 0.4) is 0 Å². The van der Waals surface area contributed by atoms with E-state index in [1.165, 1.54) is 33.4 Å². The molecule has 250 valence electrons. The minimum atomic E-state index is -0.415. The molecular weight excluding hydrogens is 580 g/mol. The summed E-state index contributed by atoms with van der Waals surface area (Å²) in [6.45, 7) is 8.16. The number of allylic oxidation sites excluding steroid dienone is 1. The summed E-state index contributed by atoms with van der Waals surface area (Å²) in [7, 11) is 7.70. The highest BCUT2D eigenvalue weighted by molar-refractivity contribution is 5.92. The SMILES string of the molecule is C.C.COc1cc(C)c2c3c1OC1CC(=O)C=CC31CCN(C)C2.COc1cc(C)c2c3c1OC1C[C@@H](O)C=CC31CCN(C)C2. The predicted molar refractivity (Wildman–Crippen MR) is 182 cm³/mol. The van der Waals surface area contributed by atoms with Crippen molar-refractivity contribution < 1.29 is 28.8 Å². The van der Waals surface area contributed by atoms with E-state index in [1.807, 2.05) is 6.08 Å². The van der Waals surface area contributed by atoms with E-state index < -0.39 is 6.10 Å². The molecule has 5 atom stereocenters. The molecule has 1 N–H and O–H groups in total. The van der Waals surface area contributed by atoms with Gasteiger partial charge in [0.1, 0.15) is 12.2 Å². The number of carbonyl (C=O) groups excluding carboxylic acids is 1. The van der Waals surface area contributed by atoms with Gasteiger partial charge in [-0.25, -0.2) is 0 Å². The Morgan fingerprint density at radius 1 is 0.826 bits per heavy atom. The Labute approximate surface area is 275 Å². The number of hydrogen-bond donors (Lipinski definition) is 1. The Kier molecular flexibility index (Phi) is 9.14. The number of methoxy groups -OCH3 is 2. The van der Waals surface area contributed by atoms with Gasteiger partial charge in [0.05, 0.1) is 31.2 Å². The van der Waals surface area contributed by atoms with Gasteiger partial charge in [-0.15, -0.1) is 0 Å². The highest BCUT2D eigenvalue weighted by Crippen LogP contribution is 2.57. The van der Waals surface area contributed by atoms with E-state index in [2.05, 4.69) is 62.0 Å². The molecule has 4 heterocycles. The zero-order valence-electron chi connectivity index (χ0n) is 26.7. The second-order valence-electron chi connectivity index (χ2n) is 13.6. The van der Waals surface area contributed by atoms with Crippen molar-refractivity contribution in [1.82, 2.24) is 9.80 Å². The van der Waals surface area contributed by atoms with Gasteiger partial charge in [0.15, 0.2) is 28.8 Å². The van der Waals surface area contributed by atoms with Gasteiger partial charge in [-0.3, -0.25) is 4.79 Å².